The molecule has 10 nitrogen and oxygen atoms in total. The van der Waals surface area contributed by atoms with Gasteiger partial charge in [-0.3, -0.25) is 29.9 Å². The Labute approximate surface area is 192 Å². The Bertz CT molecular complexity index is 1340. The SMILES string of the molecule is Cc1cc(C=C2C(=O)NC(=O)N(Cc3ccco3)C2=O)c(C)n1-c1ccc(Cl)c([N+](=O)[O-])c1. The lowest BCUT2D eigenvalue weighted by molar-refractivity contribution is -0.384. The molecule has 1 saturated heterocycles. The number of hydrogen-bond donors (Lipinski definition) is 1. The maximum atomic E-state index is 12.9. The molecule has 3 heterocycles. The summed E-state index contributed by atoms with van der Waals surface area (Å²) in [6, 6.07) is 8.55. The number of barbiturate groups is 1. The first-order valence-corrected chi connectivity index (χ1v) is 10.1. The highest BCUT2D eigenvalue weighted by Gasteiger charge is 2.36. The molecule has 0 aliphatic carbocycles. The summed E-state index contributed by atoms with van der Waals surface area (Å²) >= 11 is 5.92. The molecular formula is C22H17ClN4O6. The fourth-order valence-electron chi connectivity index (χ4n) is 3.66. The van der Waals surface area contributed by atoms with Gasteiger partial charge >= 0.3 is 6.03 Å². The first-order valence-electron chi connectivity index (χ1n) is 9.72. The fourth-order valence-corrected chi connectivity index (χ4v) is 3.85. The van der Waals surface area contributed by atoms with E-state index in [1.165, 1.54) is 24.5 Å². The molecule has 0 spiro atoms. The molecular weight excluding hydrogens is 452 g/mol. The molecule has 4 amide bonds. The number of benzene rings is 1. The van der Waals surface area contributed by atoms with Crippen LogP contribution in [0.15, 0.2) is 52.7 Å². The third-order valence-electron chi connectivity index (χ3n) is 5.23. The van der Waals surface area contributed by atoms with Crippen LogP contribution in [0.2, 0.25) is 5.02 Å². The topological polar surface area (TPSA) is 128 Å². The Hall–Kier alpha value is -4.18. The van der Waals surface area contributed by atoms with E-state index in [2.05, 4.69) is 5.32 Å². The summed E-state index contributed by atoms with van der Waals surface area (Å²) < 4.78 is 6.94. The van der Waals surface area contributed by atoms with Gasteiger partial charge in [0, 0.05) is 17.5 Å². The number of aromatic nitrogens is 1. The quantitative estimate of drug-likeness (QED) is 0.261. The number of rotatable bonds is 5. The van der Waals surface area contributed by atoms with Crippen molar-refractivity contribution in [2.75, 3.05) is 0 Å². The minimum absolute atomic E-state index is 0.0133. The predicted octanol–water partition coefficient (Wildman–Crippen LogP) is 3.91. The van der Waals surface area contributed by atoms with E-state index in [1.807, 2.05) is 0 Å². The van der Waals surface area contributed by atoms with Crippen LogP contribution in [0.4, 0.5) is 10.5 Å². The van der Waals surface area contributed by atoms with Crippen molar-refractivity contribution in [1.82, 2.24) is 14.8 Å². The van der Waals surface area contributed by atoms with E-state index in [9.17, 15) is 24.5 Å². The van der Waals surface area contributed by atoms with Crippen molar-refractivity contribution < 1.29 is 23.7 Å². The molecule has 33 heavy (non-hydrogen) atoms. The summed E-state index contributed by atoms with van der Waals surface area (Å²) in [6.07, 6.45) is 2.81. The van der Waals surface area contributed by atoms with E-state index in [0.29, 0.717) is 28.4 Å². The van der Waals surface area contributed by atoms with Gasteiger partial charge in [-0.05, 0) is 55.8 Å². The standard InChI is InChI=1S/C22H17ClN4O6/c1-12-8-14(13(2)26(12)15-5-6-18(23)19(10-15)27(31)32)9-17-20(28)24-22(30)25(21(17)29)11-16-4-3-7-33-16/h3-10H,11H2,1-2H3,(H,24,28,30). The van der Waals surface area contributed by atoms with Crippen molar-refractivity contribution in [3.8, 4) is 5.69 Å². The smallest absolute Gasteiger partial charge is 0.331 e. The number of nitrogens with one attached hydrogen (secondary N) is 1. The third kappa shape index (κ3) is 4.03. The van der Waals surface area contributed by atoms with Crippen LogP contribution in [0.3, 0.4) is 0 Å². The monoisotopic (exact) mass is 468 g/mol. The summed E-state index contributed by atoms with van der Waals surface area (Å²) in [5, 5.41) is 13.4. The number of nitrogens with zero attached hydrogens (tertiary/aromatic N) is 3. The van der Waals surface area contributed by atoms with Crippen LogP contribution in [-0.4, -0.2) is 32.2 Å². The van der Waals surface area contributed by atoms with E-state index >= 15 is 0 Å². The van der Waals surface area contributed by atoms with Gasteiger partial charge in [0.15, 0.2) is 0 Å². The lowest BCUT2D eigenvalue weighted by Gasteiger charge is -2.25. The van der Waals surface area contributed by atoms with Gasteiger partial charge in [0.25, 0.3) is 17.5 Å². The van der Waals surface area contributed by atoms with Gasteiger partial charge in [0.05, 0.1) is 23.4 Å². The highest BCUT2D eigenvalue weighted by molar-refractivity contribution is 6.32. The Morgan fingerprint density at radius 2 is 1.94 bits per heavy atom. The van der Waals surface area contributed by atoms with Crippen LogP contribution in [0.25, 0.3) is 11.8 Å². The normalized spacial score (nSPS) is 15.3. The van der Waals surface area contributed by atoms with Crippen molar-refractivity contribution in [3.63, 3.8) is 0 Å². The predicted molar refractivity (Wildman–Crippen MR) is 118 cm³/mol. The molecule has 1 aromatic carbocycles. The van der Waals surface area contributed by atoms with Crippen LogP contribution < -0.4 is 5.32 Å². The van der Waals surface area contributed by atoms with Crippen molar-refractivity contribution in [2.45, 2.75) is 20.4 Å². The number of hydrogen-bond acceptors (Lipinski definition) is 6. The van der Waals surface area contributed by atoms with Gasteiger partial charge in [-0.2, -0.15) is 0 Å². The second-order valence-electron chi connectivity index (χ2n) is 7.34. The Balaban J connectivity index is 1.73. The molecule has 0 bridgehead atoms. The second-order valence-corrected chi connectivity index (χ2v) is 7.75. The largest absolute Gasteiger partial charge is 0.467 e. The molecule has 0 atom stereocenters. The second kappa shape index (κ2) is 8.40. The van der Waals surface area contributed by atoms with E-state index in [4.69, 9.17) is 16.0 Å². The maximum Gasteiger partial charge on any atom is 0.331 e. The van der Waals surface area contributed by atoms with Crippen LogP contribution in [0, 0.1) is 24.0 Å². The number of amides is 4. The highest BCUT2D eigenvalue weighted by atomic mass is 35.5. The van der Waals surface area contributed by atoms with Crippen LogP contribution in [-0.2, 0) is 16.1 Å². The average molecular weight is 469 g/mol. The van der Waals surface area contributed by atoms with Gasteiger partial charge in [-0.15, -0.1) is 0 Å². The number of urea groups is 1. The van der Waals surface area contributed by atoms with Gasteiger partial charge in [-0.25, -0.2) is 4.79 Å². The Morgan fingerprint density at radius 1 is 1.18 bits per heavy atom. The lowest BCUT2D eigenvalue weighted by Crippen LogP contribution is -2.53. The Kier molecular flexibility index (Phi) is 5.60. The van der Waals surface area contributed by atoms with E-state index < -0.39 is 22.8 Å². The number of halogens is 1. The van der Waals surface area contributed by atoms with Crippen LogP contribution in [0.5, 0.6) is 0 Å². The minimum atomic E-state index is -0.836. The molecule has 3 aromatic rings. The number of furan rings is 1. The van der Waals surface area contributed by atoms with Gasteiger partial charge < -0.3 is 8.98 Å². The number of imide groups is 2. The number of nitro groups is 1. The molecule has 4 rings (SSSR count). The maximum absolute atomic E-state index is 12.9. The summed E-state index contributed by atoms with van der Waals surface area (Å²) in [5.74, 6) is -1.19. The van der Waals surface area contributed by atoms with Gasteiger partial charge in [0.2, 0.25) is 0 Å². The number of aryl methyl sites for hydroxylation is 1. The zero-order valence-corrected chi connectivity index (χ0v) is 18.3. The average Bonchev–Trinajstić information content (AvgIpc) is 3.36. The number of nitro benzene ring substituents is 1. The van der Waals surface area contributed by atoms with E-state index in [1.54, 1.807) is 42.7 Å². The minimum Gasteiger partial charge on any atom is -0.467 e. The van der Waals surface area contributed by atoms with Crippen molar-refractivity contribution in [3.05, 3.63) is 86.1 Å². The summed E-state index contributed by atoms with van der Waals surface area (Å²) in [4.78, 5) is 49.2. The van der Waals surface area contributed by atoms with Crippen molar-refractivity contribution in [2.24, 2.45) is 0 Å². The number of carbonyl (C=O) groups excluding carboxylic acids is 3. The first-order chi connectivity index (χ1) is 15.7. The molecule has 168 valence electrons. The molecule has 1 fully saturated rings. The molecule has 2 aromatic heterocycles. The van der Waals surface area contributed by atoms with Gasteiger partial charge in [-0.1, -0.05) is 11.6 Å². The van der Waals surface area contributed by atoms with Gasteiger partial charge in [0.1, 0.15) is 16.4 Å². The van der Waals surface area contributed by atoms with E-state index in [0.717, 1.165) is 4.90 Å². The van der Waals surface area contributed by atoms with Crippen LogP contribution in [0.1, 0.15) is 22.7 Å². The molecule has 1 aliphatic rings. The highest BCUT2D eigenvalue weighted by Crippen LogP contribution is 2.30. The summed E-state index contributed by atoms with van der Waals surface area (Å²) in [7, 11) is 0. The zero-order chi connectivity index (χ0) is 23.9. The van der Waals surface area contributed by atoms with Crippen molar-refractivity contribution >= 4 is 41.2 Å². The third-order valence-corrected chi connectivity index (χ3v) is 5.55. The molecule has 0 unspecified atom stereocenters. The van der Waals surface area contributed by atoms with Crippen LogP contribution >= 0.6 is 11.6 Å². The summed E-state index contributed by atoms with van der Waals surface area (Å²) in [6.45, 7) is 3.40. The fraction of sp³-hybridized carbons (Fsp3) is 0.136. The first kappa shape index (κ1) is 22.0. The molecule has 1 N–H and O–H groups in total. The lowest BCUT2D eigenvalue weighted by atomic mass is 10.1. The molecule has 0 saturated carbocycles. The molecule has 0 radical (unpaired) electrons. The Morgan fingerprint density at radius 3 is 2.61 bits per heavy atom. The van der Waals surface area contributed by atoms with Crippen molar-refractivity contribution in [1.29, 1.82) is 0 Å². The summed E-state index contributed by atoms with van der Waals surface area (Å²) in [5.41, 5.74) is 1.92. The molecule has 11 heteroatoms. The molecule has 1 aliphatic heterocycles. The zero-order valence-electron chi connectivity index (χ0n) is 17.5. The van der Waals surface area contributed by atoms with E-state index in [-0.39, 0.29) is 22.8 Å². The number of carbonyl (C=O) groups is 3.